The normalized spacial score (nSPS) is 11.5. The first-order chi connectivity index (χ1) is 7.51. The lowest BCUT2D eigenvalue weighted by atomic mass is 9.86. The molecule has 0 saturated heterocycles. The maximum Gasteiger partial charge on any atom is 0.156 e. The van der Waals surface area contributed by atoms with E-state index in [1.54, 1.807) is 6.07 Å². The molecule has 0 aliphatic rings. The number of Topliss-reactive ketones (excluding diaryl/α,β-unsaturated/α-hetero) is 1. The lowest BCUT2D eigenvalue weighted by Gasteiger charge is -2.24. The van der Waals surface area contributed by atoms with E-state index in [0.717, 1.165) is 5.56 Å². The summed E-state index contributed by atoms with van der Waals surface area (Å²) < 4.78 is 0. The second-order valence-corrected chi connectivity index (χ2v) is 4.53. The predicted octanol–water partition coefficient (Wildman–Crippen LogP) is 2.97. The molecule has 1 aromatic carbocycles. The van der Waals surface area contributed by atoms with Gasteiger partial charge in [-0.15, -0.1) is 0 Å². The molecule has 1 aromatic rings. The average Bonchev–Trinajstić information content (AvgIpc) is 2.28. The number of carbonyl (C=O) groups excluding carboxylic acids is 1. The van der Waals surface area contributed by atoms with Crippen LogP contribution in [-0.4, -0.2) is 11.3 Å². The van der Waals surface area contributed by atoms with Crippen molar-refractivity contribution in [2.45, 2.75) is 38.6 Å². The average molecular weight is 240 g/mol. The minimum absolute atomic E-state index is 0.0831. The molecule has 0 atom stereocenters. The number of nitrogens with two attached hydrogens (primary N) is 1. The summed E-state index contributed by atoms with van der Waals surface area (Å²) in [7, 11) is 0. The number of carbonyl (C=O) groups is 1. The van der Waals surface area contributed by atoms with Crippen LogP contribution in [-0.2, 0) is 11.2 Å². The highest BCUT2D eigenvalue weighted by Crippen LogP contribution is 2.17. The van der Waals surface area contributed by atoms with Crippen LogP contribution in [0.15, 0.2) is 24.3 Å². The first-order valence-corrected chi connectivity index (χ1v) is 5.96. The van der Waals surface area contributed by atoms with Gasteiger partial charge in [-0.2, -0.15) is 0 Å². The van der Waals surface area contributed by atoms with E-state index in [9.17, 15) is 4.79 Å². The SMILES string of the molecule is CCC(N)(CC)C(=O)Cc1cccc(Cl)c1. The van der Waals surface area contributed by atoms with Gasteiger partial charge in [-0.05, 0) is 30.5 Å². The van der Waals surface area contributed by atoms with Crippen molar-refractivity contribution in [2.75, 3.05) is 0 Å². The van der Waals surface area contributed by atoms with Gasteiger partial charge >= 0.3 is 0 Å². The van der Waals surface area contributed by atoms with Gasteiger partial charge in [0.1, 0.15) is 0 Å². The van der Waals surface area contributed by atoms with Crippen molar-refractivity contribution in [3.63, 3.8) is 0 Å². The smallest absolute Gasteiger partial charge is 0.156 e. The zero-order chi connectivity index (χ0) is 12.2. The van der Waals surface area contributed by atoms with Crippen molar-refractivity contribution < 1.29 is 4.79 Å². The van der Waals surface area contributed by atoms with E-state index < -0.39 is 5.54 Å². The number of rotatable bonds is 5. The van der Waals surface area contributed by atoms with Gasteiger partial charge in [0.15, 0.2) is 5.78 Å². The molecule has 3 heteroatoms. The first kappa shape index (κ1) is 13.2. The predicted molar refractivity (Wildman–Crippen MR) is 67.7 cm³/mol. The van der Waals surface area contributed by atoms with Crippen molar-refractivity contribution in [1.29, 1.82) is 0 Å². The summed E-state index contributed by atoms with van der Waals surface area (Å²) >= 11 is 5.87. The summed E-state index contributed by atoms with van der Waals surface area (Å²) in [5, 5.41) is 0.654. The third-order valence-corrected chi connectivity index (χ3v) is 3.31. The Hall–Kier alpha value is -0.860. The number of ketones is 1. The monoisotopic (exact) mass is 239 g/mol. The van der Waals surface area contributed by atoms with Gasteiger partial charge in [0, 0.05) is 11.4 Å². The van der Waals surface area contributed by atoms with Gasteiger partial charge < -0.3 is 5.73 Å². The Kier molecular flexibility index (Phi) is 4.51. The summed E-state index contributed by atoms with van der Waals surface area (Å²) in [6.07, 6.45) is 1.70. The fourth-order valence-corrected chi connectivity index (χ4v) is 1.87. The lowest BCUT2D eigenvalue weighted by Crippen LogP contribution is -2.47. The van der Waals surface area contributed by atoms with Crippen LogP contribution in [0.2, 0.25) is 5.02 Å². The van der Waals surface area contributed by atoms with Crippen molar-refractivity contribution in [3.05, 3.63) is 34.9 Å². The Bertz CT molecular complexity index is 372. The highest BCUT2D eigenvalue weighted by atomic mass is 35.5. The Morgan fingerprint density at radius 1 is 1.38 bits per heavy atom. The van der Waals surface area contributed by atoms with Gasteiger partial charge in [0.25, 0.3) is 0 Å². The molecule has 0 aliphatic heterocycles. The van der Waals surface area contributed by atoms with E-state index in [2.05, 4.69) is 0 Å². The van der Waals surface area contributed by atoms with E-state index in [4.69, 9.17) is 17.3 Å². The summed E-state index contributed by atoms with van der Waals surface area (Å²) in [4.78, 5) is 12.0. The molecule has 0 amide bonds. The Morgan fingerprint density at radius 2 is 2.00 bits per heavy atom. The molecule has 0 aliphatic carbocycles. The molecule has 0 saturated carbocycles. The van der Waals surface area contributed by atoms with Crippen LogP contribution < -0.4 is 5.73 Å². The number of halogens is 1. The summed E-state index contributed by atoms with van der Waals surface area (Å²) in [5.41, 5.74) is 6.28. The van der Waals surface area contributed by atoms with Gasteiger partial charge in [-0.3, -0.25) is 4.79 Å². The Morgan fingerprint density at radius 3 is 2.50 bits per heavy atom. The minimum atomic E-state index is -0.692. The van der Waals surface area contributed by atoms with Crippen molar-refractivity contribution in [1.82, 2.24) is 0 Å². The van der Waals surface area contributed by atoms with Crippen molar-refractivity contribution in [2.24, 2.45) is 5.73 Å². The zero-order valence-corrected chi connectivity index (χ0v) is 10.6. The lowest BCUT2D eigenvalue weighted by molar-refractivity contribution is -0.123. The number of hydrogen-bond acceptors (Lipinski definition) is 2. The van der Waals surface area contributed by atoms with Crippen LogP contribution >= 0.6 is 11.6 Å². The number of benzene rings is 1. The van der Waals surface area contributed by atoms with E-state index in [-0.39, 0.29) is 5.78 Å². The van der Waals surface area contributed by atoms with Crippen LogP contribution in [0.3, 0.4) is 0 Å². The highest BCUT2D eigenvalue weighted by molar-refractivity contribution is 6.30. The molecule has 0 fully saturated rings. The van der Waals surface area contributed by atoms with Crippen LogP contribution in [0, 0.1) is 0 Å². The van der Waals surface area contributed by atoms with Crippen LogP contribution in [0.5, 0.6) is 0 Å². The van der Waals surface area contributed by atoms with Crippen LogP contribution in [0.4, 0.5) is 0 Å². The molecular formula is C13H18ClNO. The molecule has 0 aromatic heterocycles. The quantitative estimate of drug-likeness (QED) is 0.859. The first-order valence-electron chi connectivity index (χ1n) is 5.58. The summed E-state index contributed by atoms with van der Waals surface area (Å²) in [6, 6.07) is 7.35. The summed E-state index contributed by atoms with van der Waals surface area (Å²) in [6.45, 7) is 3.89. The molecular weight excluding hydrogens is 222 g/mol. The van der Waals surface area contributed by atoms with Crippen LogP contribution in [0.25, 0.3) is 0 Å². The van der Waals surface area contributed by atoms with Gasteiger partial charge in [0.05, 0.1) is 5.54 Å². The van der Waals surface area contributed by atoms with Crippen LogP contribution in [0.1, 0.15) is 32.3 Å². The standard InChI is InChI=1S/C13H18ClNO/c1-3-13(15,4-2)12(16)9-10-6-5-7-11(14)8-10/h5-8H,3-4,9,15H2,1-2H3. The van der Waals surface area contributed by atoms with E-state index in [1.165, 1.54) is 0 Å². The zero-order valence-electron chi connectivity index (χ0n) is 9.79. The Balaban J connectivity index is 2.78. The molecule has 0 radical (unpaired) electrons. The molecule has 0 bridgehead atoms. The fraction of sp³-hybridized carbons (Fsp3) is 0.462. The van der Waals surface area contributed by atoms with Gasteiger partial charge in [-0.1, -0.05) is 37.6 Å². The fourth-order valence-electron chi connectivity index (χ4n) is 1.65. The highest BCUT2D eigenvalue weighted by Gasteiger charge is 2.29. The molecule has 0 spiro atoms. The molecule has 88 valence electrons. The molecule has 0 heterocycles. The van der Waals surface area contributed by atoms with Gasteiger partial charge in [-0.25, -0.2) is 0 Å². The second-order valence-electron chi connectivity index (χ2n) is 4.09. The maximum absolute atomic E-state index is 12.0. The molecule has 1 rings (SSSR count). The van der Waals surface area contributed by atoms with Crippen molar-refractivity contribution in [3.8, 4) is 0 Å². The number of hydrogen-bond donors (Lipinski definition) is 1. The topological polar surface area (TPSA) is 43.1 Å². The molecule has 2 N–H and O–H groups in total. The minimum Gasteiger partial charge on any atom is -0.319 e. The molecule has 0 unspecified atom stereocenters. The molecule has 16 heavy (non-hydrogen) atoms. The van der Waals surface area contributed by atoms with E-state index in [0.29, 0.717) is 24.3 Å². The maximum atomic E-state index is 12.0. The third kappa shape index (κ3) is 3.06. The largest absolute Gasteiger partial charge is 0.319 e. The second kappa shape index (κ2) is 5.46. The van der Waals surface area contributed by atoms with Crippen molar-refractivity contribution >= 4 is 17.4 Å². The van der Waals surface area contributed by atoms with E-state index in [1.807, 2.05) is 32.0 Å². The summed E-state index contributed by atoms with van der Waals surface area (Å²) in [5.74, 6) is 0.0831. The third-order valence-electron chi connectivity index (χ3n) is 3.07. The Labute approximate surface area is 102 Å². The van der Waals surface area contributed by atoms with E-state index >= 15 is 0 Å². The van der Waals surface area contributed by atoms with Gasteiger partial charge in [0.2, 0.25) is 0 Å². The molecule has 2 nitrogen and oxygen atoms in total.